The van der Waals surface area contributed by atoms with Crippen molar-refractivity contribution in [3.63, 3.8) is 0 Å². The minimum atomic E-state index is 0. The van der Waals surface area contributed by atoms with Gasteiger partial charge in [0.25, 0.3) is 0 Å². The fourth-order valence-electron chi connectivity index (χ4n) is 0.987. The number of aliphatic imine (C=N–C) groups is 1. The van der Waals surface area contributed by atoms with Crippen LogP contribution in [-0.2, 0) is 0 Å². The zero-order valence-corrected chi connectivity index (χ0v) is 11.9. The maximum atomic E-state index is 5.68. The quantitative estimate of drug-likeness (QED) is 0.524. The number of nitrogens with two attached hydrogens (primary N) is 1. The van der Waals surface area contributed by atoms with Gasteiger partial charge >= 0.3 is 0 Å². The van der Waals surface area contributed by atoms with E-state index in [9.17, 15) is 0 Å². The molecule has 0 saturated carbocycles. The van der Waals surface area contributed by atoms with Crippen LogP contribution in [0.4, 0.5) is 5.69 Å². The van der Waals surface area contributed by atoms with E-state index in [0.717, 1.165) is 17.2 Å². The van der Waals surface area contributed by atoms with Crippen molar-refractivity contribution in [2.24, 2.45) is 10.7 Å². The van der Waals surface area contributed by atoms with E-state index in [4.69, 9.17) is 10.5 Å². The first kappa shape index (κ1) is 14.6. The molecule has 0 aromatic heterocycles. The Hall–Kier alpha value is -0.430. The molecule has 3 nitrogen and oxygen atoms in total. The second-order valence-electron chi connectivity index (χ2n) is 2.58. The van der Waals surface area contributed by atoms with Gasteiger partial charge in [-0.1, -0.05) is 24.8 Å². The highest BCUT2D eigenvalue weighted by Gasteiger charge is 1.95. The van der Waals surface area contributed by atoms with Gasteiger partial charge in [-0.15, -0.1) is 24.0 Å². The molecule has 2 N–H and O–H groups in total. The summed E-state index contributed by atoms with van der Waals surface area (Å²) in [4.78, 5) is 4.23. The second kappa shape index (κ2) is 7.81. The molecule has 0 fully saturated rings. The normalized spacial score (nSPS) is 10.7. The van der Waals surface area contributed by atoms with Gasteiger partial charge in [0.15, 0.2) is 5.17 Å². The highest BCUT2D eigenvalue weighted by molar-refractivity contribution is 14.0. The van der Waals surface area contributed by atoms with Crippen LogP contribution in [0, 0.1) is 0 Å². The Kier molecular flexibility index (Phi) is 7.59. The fourth-order valence-corrected chi connectivity index (χ4v) is 1.45. The van der Waals surface area contributed by atoms with Crippen molar-refractivity contribution in [2.75, 3.05) is 12.9 Å². The van der Waals surface area contributed by atoms with Gasteiger partial charge in [-0.25, -0.2) is 4.99 Å². The highest BCUT2D eigenvalue weighted by Crippen LogP contribution is 2.20. The maximum Gasteiger partial charge on any atom is 0.159 e. The minimum absolute atomic E-state index is 0. The molecular formula is C10H15IN2OS. The van der Waals surface area contributed by atoms with Crippen LogP contribution < -0.4 is 10.5 Å². The zero-order chi connectivity index (χ0) is 10.4. The number of ether oxygens (including phenoxy) is 1. The van der Waals surface area contributed by atoms with Crippen molar-refractivity contribution < 1.29 is 4.74 Å². The van der Waals surface area contributed by atoms with Gasteiger partial charge in [-0.2, -0.15) is 0 Å². The van der Waals surface area contributed by atoms with Crippen LogP contribution in [0.2, 0.25) is 0 Å². The summed E-state index contributed by atoms with van der Waals surface area (Å²) >= 11 is 1.53. The molecule has 1 aromatic rings. The molecule has 0 aliphatic carbocycles. The van der Waals surface area contributed by atoms with Gasteiger partial charge in [0.05, 0.1) is 12.8 Å². The van der Waals surface area contributed by atoms with Gasteiger partial charge < -0.3 is 10.5 Å². The molecule has 0 saturated heterocycles. The van der Waals surface area contributed by atoms with E-state index >= 15 is 0 Å². The standard InChI is InChI=1S/C10H14N2OS.HI/c1-3-14-10(11)12-8-5-4-6-9(7-8)13-2;/h4-7H,3H2,1-2H3,(H2,11,12);1H. The van der Waals surface area contributed by atoms with Gasteiger partial charge in [0, 0.05) is 6.07 Å². The molecule has 84 valence electrons. The average molecular weight is 338 g/mol. The number of halogens is 1. The molecule has 1 aromatic carbocycles. The van der Waals surface area contributed by atoms with Gasteiger partial charge in [0.2, 0.25) is 0 Å². The topological polar surface area (TPSA) is 47.6 Å². The van der Waals surface area contributed by atoms with Crippen LogP contribution in [0.25, 0.3) is 0 Å². The largest absolute Gasteiger partial charge is 0.497 e. The second-order valence-corrected chi connectivity index (χ2v) is 3.87. The Morgan fingerprint density at radius 3 is 2.87 bits per heavy atom. The summed E-state index contributed by atoms with van der Waals surface area (Å²) < 4.78 is 5.08. The molecule has 0 aliphatic heterocycles. The summed E-state index contributed by atoms with van der Waals surface area (Å²) in [5.41, 5.74) is 6.50. The molecule has 0 bridgehead atoms. The van der Waals surface area contributed by atoms with Crippen molar-refractivity contribution in [2.45, 2.75) is 6.92 Å². The molecule has 0 radical (unpaired) electrons. The van der Waals surface area contributed by atoms with E-state index in [-0.39, 0.29) is 24.0 Å². The lowest BCUT2D eigenvalue weighted by atomic mass is 10.3. The van der Waals surface area contributed by atoms with E-state index in [1.54, 1.807) is 7.11 Å². The Morgan fingerprint density at radius 1 is 1.53 bits per heavy atom. The Morgan fingerprint density at radius 2 is 2.27 bits per heavy atom. The van der Waals surface area contributed by atoms with Gasteiger partial charge in [-0.05, 0) is 17.9 Å². The predicted octanol–water partition coefficient (Wildman–Crippen LogP) is 3.01. The number of benzene rings is 1. The van der Waals surface area contributed by atoms with Crippen molar-refractivity contribution in [1.82, 2.24) is 0 Å². The lowest BCUT2D eigenvalue weighted by molar-refractivity contribution is 0.415. The third-order valence-corrected chi connectivity index (χ3v) is 2.26. The minimum Gasteiger partial charge on any atom is -0.497 e. The van der Waals surface area contributed by atoms with Crippen LogP contribution in [0.5, 0.6) is 5.75 Å². The number of hydrogen-bond acceptors (Lipinski definition) is 3. The van der Waals surface area contributed by atoms with Crippen molar-refractivity contribution in [3.8, 4) is 5.75 Å². The monoisotopic (exact) mass is 338 g/mol. The molecule has 0 aliphatic rings. The lowest BCUT2D eigenvalue weighted by Gasteiger charge is -2.01. The molecule has 0 unspecified atom stereocenters. The summed E-state index contributed by atoms with van der Waals surface area (Å²) in [5.74, 6) is 1.72. The molecule has 0 heterocycles. The first-order valence-corrected chi connectivity index (χ1v) is 5.36. The van der Waals surface area contributed by atoms with Crippen LogP contribution in [0.1, 0.15) is 6.92 Å². The van der Waals surface area contributed by atoms with Crippen molar-refractivity contribution in [3.05, 3.63) is 24.3 Å². The number of methoxy groups -OCH3 is 1. The van der Waals surface area contributed by atoms with Crippen molar-refractivity contribution >= 4 is 46.6 Å². The Bertz CT molecular complexity index is 331. The summed E-state index contributed by atoms with van der Waals surface area (Å²) in [6.07, 6.45) is 0. The third-order valence-electron chi connectivity index (χ3n) is 1.58. The SMILES string of the molecule is CCSC(N)=Nc1cccc(OC)c1.I. The van der Waals surface area contributed by atoms with E-state index in [0.29, 0.717) is 5.17 Å². The molecule has 5 heteroatoms. The number of amidine groups is 1. The number of rotatable bonds is 3. The van der Waals surface area contributed by atoms with E-state index in [1.165, 1.54) is 11.8 Å². The van der Waals surface area contributed by atoms with E-state index < -0.39 is 0 Å². The molecule has 15 heavy (non-hydrogen) atoms. The summed E-state index contributed by atoms with van der Waals surface area (Å²) in [5, 5.41) is 0.584. The van der Waals surface area contributed by atoms with Crippen LogP contribution >= 0.6 is 35.7 Å². The number of hydrogen-bond donors (Lipinski definition) is 1. The first-order chi connectivity index (χ1) is 6.76. The molecule has 0 atom stereocenters. The lowest BCUT2D eigenvalue weighted by Crippen LogP contribution is -2.05. The smallest absolute Gasteiger partial charge is 0.159 e. The van der Waals surface area contributed by atoms with Crippen LogP contribution in [0.15, 0.2) is 29.3 Å². The maximum absolute atomic E-state index is 5.68. The fraction of sp³-hybridized carbons (Fsp3) is 0.300. The van der Waals surface area contributed by atoms with Gasteiger partial charge in [0.1, 0.15) is 5.75 Å². The van der Waals surface area contributed by atoms with E-state index in [2.05, 4.69) is 4.99 Å². The predicted molar refractivity (Wildman–Crippen MR) is 77.8 cm³/mol. The average Bonchev–Trinajstić information content (AvgIpc) is 2.18. The molecule has 1 rings (SSSR count). The number of nitrogens with zero attached hydrogens (tertiary/aromatic N) is 1. The van der Waals surface area contributed by atoms with Gasteiger partial charge in [-0.3, -0.25) is 0 Å². The van der Waals surface area contributed by atoms with E-state index in [1.807, 2.05) is 31.2 Å². The van der Waals surface area contributed by atoms with Crippen LogP contribution in [-0.4, -0.2) is 18.0 Å². The van der Waals surface area contributed by atoms with Crippen molar-refractivity contribution in [1.29, 1.82) is 0 Å². The summed E-state index contributed by atoms with van der Waals surface area (Å²) in [7, 11) is 1.63. The molecule has 0 spiro atoms. The van der Waals surface area contributed by atoms with Crippen LogP contribution in [0.3, 0.4) is 0 Å². The summed E-state index contributed by atoms with van der Waals surface area (Å²) in [6, 6.07) is 7.51. The first-order valence-electron chi connectivity index (χ1n) is 4.37. The Balaban J connectivity index is 0.00000196. The Labute approximate surface area is 112 Å². The summed E-state index contributed by atoms with van der Waals surface area (Å²) in [6.45, 7) is 2.04. The zero-order valence-electron chi connectivity index (χ0n) is 8.77. The third kappa shape index (κ3) is 5.27. The molecule has 0 amide bonds. The molecular weight excluding hydrogens is 323 g/mol. The highest BCUT2D eigenvalue weighted by atomic mass is 127. The number of thioether (sulfide) groups is 1.